The highest BCUT2D eigenvalue weighted by molar-refractivity contribution is 6.33. The van der Waals surface area contributed by atoms with Crippen LogP contribution in [-0.4, -0.2) is 25.8 Å². The molecule has 3 aromatic heterocycles. The van der Waals surface area contributed by atoms with Crippen molar-refractivity contribution in [1.29, 1.82) is 0 Å². The Kier molecular flexibility index (Phi) is 5.14. The maximum atomic E-state index is 12.8. The summed E-state index contributed by atoms with van der Waals surface area (Å²) in [4.78, 5) is 17.3. The molecule has 0 radical (unpaired) electrons. The predicted molar refractivity (Wildman–Crippen MR) is 109 cm³/mol. The van der Waals surface area contributed by atoms with Gasteiger partial charge in [0.2, 0.25) is 0 Å². The monoisotopic (exact) mass is 407 g/mol. The molecule has 4 rings (SSSR count). The maximum Gasteiger partial charge on any atom is 0.257 e. The predicted octanol–water partition coefficient (Wildman–Crippen LogP) is 4.03. The van der Waals surface area contributed by atoms with Gasteiger partial charge >= 0.3 is 0 Å². The first kappa shape index (κ1) is 18.9. The standard InChI is InChI=1S/C21H18ClN5O2/c1-13-19(20(26-29-13)16-5-3-4-6-17(16)22)21(28)24-10-14-7-8-18(23-9-14)15-11-25-27(2)12-15/h3-9,11-12H,10H2,1-2H3,(H,24,28). The fourth-order valence-electron chi connectivity index (χ4n) is 3.00. The molecule has 0 bridgehead atoms. The van der Waals surface area contributed by atoms with Crippen LogP contribution in [0, 0.1) is 6.92 Å². The SMILES string of the molecule is Cc1onc(-c2ccccc2Cl)c1C(=O)NCc1ccc(-c2cnn(C)c2)nc1. The summed E-state index contributed by atoms with van der Waals surface area (Å²) in [5.41, 5.74) is 4.09. The zero-order valence-corrected chi connectivity index (χ0v) is 16.6. The summed E-state index contributed by atoms with van der Waals surface area (Å²) in [7, 11) is 1.86. The number of aryl methyl sites for hydroxylation is 2. The van der Waals surface area contributed by atoms with Gasteiger partial charge < -0.3 is 9.84 Å². The summed E-state index contributed by atoms with van der Waals surface area (Å²) in [6, 6.07) is 11.0. The number of benzene rings is 1. The van der Waals surface area contributed by atoms with Gasteiger partial charge in [-0.3, -0.25) is 14.5 Å². The van der Waals surface area contributed by atoms with Gasteiger partial charge in [-0.2, -0.15) is 5.10 Å². The molecule has 0 atom stereocenters. The van der Waals surface area contributed by atoms with Gasteiger partial charge in [-0.15, -0.1) is 0 Å². The minimum atomic E-state index is -0.282. The molecule has 0 fully saturated rings. The van der Waals surface area contributed by atoms with Gasteiger partial charge in [-0.05, 0) is 24.6 Å². The molecular formula is C21H18ClN5O2. The Hall–Kier alpha value is -3.45. The second-order valence-electron chi connectivity index (χ2n) is 6.58. The van der Waals surface area contributed by atoms with Crippen LogP contribution in [0.3, 0.4) is 0 Å². The lowest BCUT2D eigenvalue weighted by Crippen LogP contribution is -2.23. The number of aromatic nitrogens is 4. The van der Waals surface area contributed by atoms with Crippen molar-refractivity contribution in [3.05, 3.63) is 76.9 Å². The molecule has 29 heavy (non-hydrogen) atoms. The zero-order valence-electron chi connectivity index (χ0n) is 15.9. The lowest BCUT2D eigenvalue weighted by atomic mass is 10.1. The number of hydrogen-bond acceptors (Lipinski definition) is 5. The minimum Gasteiger partial charge on any atom is -0.360 e. The van der Waals surface area contributed by atoms with Gasteiger partial charge in [0.1, 0.15) is 17.0 Å². The number of nitrogens with one attached hydrogen (secondary N) is 1. The number of hydrogen-bond donors (Lipinski definition) is 1. The van der Waals surface area contributed by atoms with Gasteiger partial charge in [-0.1, -0.05) is 41.0 Å². The molecular weight excluding hydrogens is 390 g/mol. The Morgan fingerprint density at radius 2 is 2.03 bits per heavy atom. The topological polar surface area (TPSA) is 85.8 Å². The van der Waals surface area contributed by atoms with E-state index in [1.807, 2.05) is 37.5 Å². The van der Waals surface area contributed by atoms with Crippen molar-refractivity contribution in [1.82, 2.24) is 25.2 Å². The number of halogens is 1. The first-order valence-electron chi connectivity index (χ1n) is 8.96. The average molecular weight is 408 g/mol. The third-order valence-corrected chi connectivity index (χ3v) is 4.83. The largest absolute Gasteiger partial charge is 0.360 e. The number of nitrogens with zero attached hydrogens (tertiary/aromatic N) is 4. The van der Waals surface area contributed by atoms with E-state index in [-0.39, 0.29) is 5.91 Å². The van der Waals surface area contributed by atoms with Crippen molar-refractivity contribution in [3.8, 4) is 22.5 Å². The number of carbonyl (C=O) groups excluding carboxylic acids is 1. The van der Waals surface area contributed by atoms with E-state index >= 15 is 0 Å². The van der Waals surface area contributed by atoms with Gasteiger partial charge in [0.25, 0.3) is 5.91 Å². The number of amides is 1. The summed E-state index contributed by atoms with van der Waals surface area (Å²) >= 11 is 6.26. The van der Waals surface area contributed by atoms with Crippen molar-refractivity contribution >= 4 is 17.5 Å². The molecule has 0 saturated heterocycles. The molecule has 1 amide bonds. The smallest absolute Gasteiger partial charge is 0.257 e. The fourth-order valence-corrected chi connectivity index (χ4v) is 3.23. The van der Waals surface area contributed by atoms with Gasteiger partial charge in [-0.25, -0.2) is 0 Å². The van der Waals surface area contributed by atoms with Crippen molar-refractivity contribution in [3.63, 3.8) is 0 Å². The molecule has 1 N–H and O–H groups in total. The van der Waals surface area contributed by atoms with E-state index in [4.69, 9.17) is 16.1 Å². The van der Waals surface area contributed by atoms with E-state index in [0.717, 1.165) is 16.8 Å². The van der Waals surface area contributed by atoms with Crippen LogP contribution in [0.25, 0.3) is 22.5 Å². The van der Waals surface area contributed by atoms with E-state index in [1.54, 1.807) is 36.1 Å². The van der Waals surface area contributed by atoms with Gasteiger partial charge in [0.05, 0.1) is 16.9 Å². The highest BCUT2D eigenvalue weighted by Crippen LogP contribution is 2.31. The highest BCUT2D eigenvalue weighted by atomic mass is 35.5. The summed E-state index contributed by atoms with van der Waals surface area (Å²) in [6.45, 7) is 2.03. The van der Waals surface area contributed by atoms with E-state index < -0.39 is 0 Å². The van der Waals surface area contributed by atoms with Crippen LogP contribution < -0.4 is 5.32 Å². The molecule has 146 valence electrons. The molecule has 0 unspecified atom stereocenters. The molecule has 7 nitrogen and oxygen atoms in total. The Labute approximate surface area is 172 Å². The summed E-state index contributed by atoms with van der Waals surface area (Å²) in [5.74, 6) is 0.150. The molecule has 0 aliphatic carbocycles. The third kappa shape index (κ3) is 3.90. The van der Waals surface area contributed by atoms with Gasteiger partial charge in [0, 0.05) is 37.1 Å². The molecule has 1 aromatic carbocycles. The first-order valence-corrected chi connectivity index (χ1v) is 9.34. The fraction of sp³-hybridized carbons (Fsp3) is 0.143. The third-order valence-electron chi connectivity index (χ3n) is 4.50. The number of pyridine rings is 1. The second kappa shape index (κ2) is 7.89. The number of rotatable bonds is 5. The van der Waals surface area contributed by atoms with Crippen molar-refractivity contribution in [2.75, 3.05) is 0 Å². The Morgan fingerprint density at radius 1 is 1.21 bits per heavy atom. The van der Waals surface area contributed by atoms with Gasteiger partial charge in [0.15, 0.2) is 0 Å². The maximum absolute atomic E-state index is 12.8. The lowest BCUT2D eigenvalue weighted by Gasteiger charge is -2.07. The Balaban J connectivity index is 1.49. The van der Waals surface area contributed by atoms with E-state index in [2.05, 4.69) is 20.6 Å². The number of carbonyl (C=O) groups is 1. The van der Waals surface area contributed by atoms with Crippen LogP contribution in [0.15, 0.2) is 59.5 Å². The summed E-state index contributed by atoms with van der Waals surface area (Å²) < 4.78 is 6.98. The average Bonchev–Trinajstić information content (AvgIpc) is 3.33. The lowest BCUT2D eigenvalue weighted by molar-refractivity contribution is 0.0950. The summed E-state index contributed by atoms with van der Waals surface area (Å²) in [6.07, 6.45) is 5.39. The molecule has 0 saturated carbocycles. The van der Waals surface area contributed by atoms with Crippen molar-refractivity contribution in [2.24, 2.45) is 7.05 Å². The van der Waals surface area contributed by atoms with Crippen LogP contribution in [0.4, 0.5) is 0 Å². The van der Waals surface area contributed by atoms with Crippen LogP contribution in [0.2, 0.25) is 5.02 Å². The quantitative estimate of drug-likeness (QED) is 0.539. The molecule has 3 heterocycles. The van der Waals surface area contributed by atoms with Crippen LogP contribution in [0.1, 0.15) is 21.7 Å². The molecule has 8 heteroatoms. The normalized spacial score (nSPS) is 10.9. The zero-order chi connectivity index (χ0) is 20.4. The molecule has 0 spiro atoms. The minimum absolute atomic E-state index is 0.282. The molecule has 0 aliphatic heterocycles. The van der Waals surface area contributed by atoms with Crippen LogP contribution in [-0.2, 0) is 13.6 Å². The van der Waals surface area contributed by atoms with E-state index in [9.17, 15) is 4.79 Å². The molecule has 4 aromatic rings. The second-order valence-corrected chi connectivity index (χ2v) is 6.99. The highest BCUT2D eigenvalue weighted by Gasteiger charge is 2.22. The van der Waals surface area contributed by atoms with Crippen LogP contribution >= 0.6 is 11.6 Å². The Morgan fingerprint density at radius 3 is 2.72 bits per heavy atom. The Bertz CT molecular complexity index is 1160. The van der Waals surface area contributed by atoms with Crippen molar-refractivity contribution < 1.29 is 9.32 Å². The van der Waals surface area contributed by atoms with E-state index in [0.29, 0.717) is 34.1 Å². The van der Waals surface area contributed by atoms with Crippen molar-refractivity contribution in [2.45, 2.75) is 13.5 Å². The first-order chi connectivity index (χ1) is 14.0. The van der Waals surface area contributed by atoms with E-state index in [1.165, 1.54) is 0 Å². The summed E-state index contributed by atoms with van der Waals surface area (Å²) in [5, 5.41) is 11.6. The van der Waals surface area contributed by atoms with Crippen LogP contribution in [0.5, 0.6) is 0 Å². The molecule has 0 aliphatic rings.